The molecule has 0 bridgehead atoms. The van der Waals surface area contributed by atoms with Crippen LogP contribution < -0.4 is 0 Å². The van der Waals surface area contributed by atoms with E-state index in [2.05, 4.69) is 11.6 Å². The minimum atomic E-state index is -3.69. The Kier molecular flexibility index (Phi) is 3.07. The molecule has 19 heavy (non-hydrogen) atoms. The third-order valence-corrected chi connectivity index (χ3v) is 4.01. The van der Waals surface area contributed by atoms with Gasteiger partial charge in [0.15, 0.2) is 9.84 Å². The van der Waals surface area contributed by atoms with Crippen LogP contribution >= 0.6 is 0 Å². The summed E-state index contributed by atoms with van der Waals surface area (Å²) in [7, 11) is -3.69. The molecule has 0 aliphatic heterocycles. The number of benzene rings is 1. The van der Waals surface area contributed by atoms with E-state index in [1.165, 1.54) is 24.3 Å². The largest absolute Gasteiger partial charge is 0.270 e. The van der Waals surface area contributed by atoms with E-state index < -0.39 is 14.8 Å². The lowest BCUT2D eigenvalue weighted by Gasteiger charge is -2.06. The topological polar surface area (TPSA) is 90.2 Å². The average Bonchev–Trinajstić information content (AvgIpc) is 2.37. The van der Waals surface area contributed by atoms with Gasteiger partial charge in [0.2, 0.25) is 0 Å². The van der Waals surface area contributed by atoms with Gasteiger partial charge in [0.05, 0.1) is 15.3 Å². The van der Waals surface area contributed by atoms with E-state index in [-0.39, 0.29) is 16.0 Å². The zero-order chi connectivity index (χ0) is 14.2. The third-order valence-electron chi connectivity index (χ3n) is 2.62. The van der Waals surface area contributed by atoms with Crippen molar-refractivity contribution in [1.29, 1.82) is 0 Å². The first-order valence-electron chi connectivity index (χ1n) is 5.28. The summed E-state index contributed by atoms with van der Waals surface area (Å²) in [5.41, 5.74) is 0.728. The van der Waals surface area contributed by atoms with E-state index in [1.54, 1.807) is 6.92 Å². The molecule has 2 aromatic rings. The molecule has 2 rings (SSSR count). The molecule has 0 atom stereocenters. The first-order valence-corrected chi connectivity index (χ1v) is 6.83. The Hall–Kier alpha value is -2.28. The van der Waals surface area contributed by atoms with Crippen molar-refractivity contribution in [2.24, 2.45) is 0 Å². The van der Waals surface area contributed by atoms with E-state index in [4.69, 9.17) is 0 Å². The van der Waals surface area contributed by atoms with Crippen LogP contribution in [-0.2, 0) is 9.84 Å². The number of nitro benzene ring substituents is 1. The van der Waals surface area contributed by atoms with Gasteiger partial charge in [0.25, 0.3) is 5.69 Å². The molecule has 0 saturated heterocycles. The van der Waals surface area contributed by atoms with Crippen LogP contribution in [-0.4, -0.2) is 18.3 Å². The molecule has 98 valence electrons. The average molecular weight is 278 g/mol. The van der Waals surface area contributed by atoms with Crippen LogP contribution in [0.4, 0.5) is 5.69 Å². The van der Waals surface area contributed by atoms with Crippen LogP contribution in [0.15, 0.2) is 41.1 Å². The quantitative estimate of drug-likeness (QED) is 0.635. The normalized spacial score (nSPS) is 11.4. The minimum Gasteiger partial charge on any atom is -0.258 e. The van der Waals surface area contributed by atoms with Crippen molar-refractivity contribution >= 4 is 26.4 Å². The number of nitrogens with zero attached hydrogens (tertiary/aromatic N) is 2. The second kappa shape index (κ2) is 4.43. The molecule has 0 spiro atoms. The Balaban J connectivity index is 2.92. The summed E-state index contributed by atoms with van der Waals surface area (Å²) in [6.07, 6.45) is 0. The molecule has 1 aromatic carbocycles. The second-order valence-electron chi connectivity index (χ2n) is 3.93. The number of pyridine rings is 1. The highest BCUT2D eigenvalue weighted by molar-refractivity contribution is 7.94. The fourth-order valence-electron chi connectivity index (χ4n) is 1.75. The van der Waals surface area contributed by atoms with Gasteiger partial charge in [-0.25, -0.2) is 8.42 Å². The van der Waals surface area contributed by atoms with Crippen molar-refractivity contribution in [3.8, 4) is 0 Å². The summed E-state index contributed by atoms with van der Waals surface area (Å²) >= 11 is 0. The van der Waals surface area contributed by atoms with Crippen molar-refractivity contribution in [2.75, 3.05) is 0 Å². The molecule has 0 amide bonds. The molecule has 0 unspecified atom stereocenters. The number of hydrogen-bond donors (Lipinski definition) is 0. The van der Waals surface area contributed by atoms with Crippen LogP contribution in [0.2, 0.25) is 0 Å². The number of non-ortho nitro benzene ring substituents is 1. The van der Waals surface area contributed by atoms with Gasteiger partial charge in [-0.05, 0) is 19.1 Å². The van der Waals surface area contributed by atoms with Gasteiger partial charge in [-0.2, -0.15) is 0 Å². The lowest BCUT2D eigenvalue weighted by molar-refractivity contribution is -0.384. The summed E-state index contributed by atoms with van der Waals surface area (Å²) in [4.78, 5) is 14.3. The van der Waals surface area contributed by atoms with Crippen LogP contribution in [0.3, 0.4) is 0 Å². The number of hydrogen-bond acceptors (Lipinski definition) is 5. The summed E-state index contributed by atoms with van der Waals surface area (Å²) in [5, 5.41) is 11.8. The number of sulfone groups is 1. The Labute approximate surface area is 109 Å². The number of rotatable bonds is 3. The Morgan fingerprint density at radius 1 is 1.37 bits per heavy atom. The molecule has 0 fully saturated rings. The highest BCUT2D eigenvalue weighted by atomic mass is 32.2. The molecular formula is C12H10N2O4S. The number of nitro groups is 1. The van der Waals surface area contributed by atoms with Crippen molar-refractivity contribution in [3.05, 3.63) is 52.1 Å². The molecule has 1 heterocycles. The maximum absolute atomic E-state index is 11.9. The standard InChI is InChI=1S/C12H10N2O4S/c1-3-19(17,18)12-6-8(2)13-11-5-4-9(14(15)16)7-10(11)12/h3-7H,1H2,2H3. The van der Waals surface area contributed by atoms with E-state index in [0.717, 1.165) is 5.41 Å². The highest BCUT2D eigenvalue weighted by Crippen LogP contribution is 2.27. The van der Waals surface area contributed by atoms with Gasteiger partial charge < -0.3 is 0 Å². The lowest BCUT2D eigenvalue weighted by Crippen LogP contribution is -2.00. The SMILES string of the molecule is C=CS(=O)(=O)c1cc(C)nc2ccc([N+](=O)[O-])cc12. The summed E-state index contributed by atoms with van der Waals surface area (Å²) in [5.74, 6) is 0. The molecule has 0 aliphatic carbocycles. The molecule has 0 aliphatic rings. The van der Waals surface area contributed by atoms with Crippen LogP contribution in [0, 0.1) is 17.0 Å². The van der Waals surface area contributed by atoms with Crippen molar-refractivity contribution in [1.82, 2.24) is 4.98 Å². The number of fused-ring (bicyclic) bond motifs is 1. The summed E-state index contributed by atoms with van der Waals surface area (Å²) in [6.45, 7) is 4.92. The molecule has 0 N–H and O–H groups in total. The Morgan fingerprint density at radius 2 is 2.05 bits per heavy atom. The van der Waals surface area contributed by atoms with E-state index >= 15 is 0 Å². The minimum absolute atomic E-state index is 0.0197. The molecular weight excluding hydrogens is 268 g/mol. The third kappa shape index (κ3) is 2.32. The highest BCUT2D eigenvalue weighted by Gasteiger charge is 2.18. The molecule has 0 radical (unpaired) electrons. The van der Waals surface area contributed by atoms with E-state index in [1.807, 2.05) is 0 Å². The first kappa shape index (κ1) is 13.2. The lowest BCUT2D eigenvalue weighted by atomic mass is 10.2. The fourth-order valence-corrected chi connectivity index (χ4v) is 2.73. The van der Waals surface area contributed by atoms with Crippen LogP contribution in [0.1, 0.15) is 5.69 Å². The van der Waals surface area contributed by atoms with Crippen molar-refractivity contribution < 1.29 is 13.3 Å². The monoisotopic (exact) mass is 278 g/mol. The molecule has 6 nitrogen and oxygen atoms in total. The van der Waals surface area contributed by atoms with Gasteiger partial charge >= 0.3 is 0 Å². The van der Waals surface area contributed by atoms with Gasteiger partial charge in [-0.1, -0.05) is 6.58 Å². The fraction of sp³-hybridized carbons (Fsp3) is 0.0833. The van der Waals surface area contributed by atoms with E-state index in [0.29, 0.717) is 11.2 Å². The molecule has 0 saturated carbocycles. The van der Waals surface area contributed by atoms with Gasteiger partial charge in [-0.15, -0.1) is 0 Å². The molecule has 1 aromatic heterocycles. The van der Waals surface area contributed by atoms with Crippen LogP contribution in [0.5, 0.6) is 0 Å². The van der Waals surface area contributed by atoms with Crippen molar-refractivity contribution in [3.63, 3.8) is 0 Å². The van der Waals surface area contributed by atoms with Crippen molar-refractivity contribution in [2.45, 2.75) is 11.8 Å². The summed E-state index contributed by atoms with van der Waals surface area (Å²) < 4.78 is 23.9. The maximum Gasteiger partial charge on any atom is 0.270 e. The molecule has 7 heteroatoms. The first-order chi connectivity index (χ1) is 8.85. The van der Waals surface area contributed by atoms with E-state index in [9.17, 15) is 18.5 Å². The summed E-state index contributed by atoms with van der Waals surface area (Å²) in [6, 6.07) is 5.31. The predicted octanol–water partition coefficient (Wildman–Crippen LogP) is 2.37. The Bertz CT molecular complexity index is 797. The smallest absolute Gasteiger partial charge is 0.258 e. The number of aromatic nitrogens is 1. The van der Waals surface area contributed by atoms with Gasteiger partial charge in [0, 0.05) is 28.6 Å². The zero-order valence-electron chi connectivity index (χ0n) is 10.0. The number of aryl methyl sites for hydroxylation is 1. The van der Waals surface area contributed by atoms with Gasteiger partial charge in [-0.3, -0.25) is 15.1 Å². The Morgan fingerprint density at radius 3 is 2.63 bits per heavy atom. The van der Waals surface area contributed by atoms with Gasteiger partial charge in [0.1, 0.15) is 0 Å². The second-order valence-corrected chi connectivity index (χ2v) is 5.80. The zero-order valence-corrected chi connectivity index (χ0v) is 10.8. The maximum atomic E-state index is 11.9. The van der Waals surface area contributed by atoms with Crippen LogP contribution in [0.25, 0.3) is 10.9 Å². The predicted molar refractivity (Wildman–Crippen MR) is 70.5 cm³/mol.